The average molecular weight is 421 g/mol. The molecule has 2 aromatic heterocycles. The summed E-state index contributed by atoms with van der Waals surface area (Å²) in [6, 6.07) is 7.68. The first kappa shape index (κ1) is 18.3. The fourth-order valence-corrected chi connectivity index (χ4v) is 4.60. The molecule has 0 aliphatic rings. The summed E-state index contributed by atoms with van der Waals surface area (Å²) in [4.78, 5) is 8.94. The van der Waals surface area contributed by atoms with Gasteiger partial charge in [0.25, 0.3) is 0 Å². The number of hydrogen-bond acceptors (Lipinski definition) is 5. The molecule has 0 bridgehead atoms. The summed E-state index contributed by atoms with van der Waals surface area (Å²) in [5.41, 5.74) is 0.235. The van der Waals surface area contributed by atoms with Gasteiger partial charge in [0.1, 0.15) is 16.4 Å². The van der Waals surface area contributed by atoms with Crippen molar-refractivity contribution in [2.45, 2.75) is 39.4 Å². The number of halogens is 1. The molecule has 1 aromatic carbocycles. The molecule has 1 atom stereocenters. The fourth-order valence-electron chi connectivity index (χ4n) is 2.78. The van der Waals surface area contributed by atoms with Crippen LogP contribution in [0.15, 0.2) is 41.1 Å². The van der Waals surface area contributed by atoms with Crippen LogP contribution in [0.4, 0.5) is 0 Å². The molecular formula is C19H21BrN2O2S. The number of ether oxygens (including phenoxy) is 1. The second-order valence-corrected chi connectivity index (χ2v) is 8.42. The highest BCUT2D eigenvalue weighted by Crippen LogP contribution is 2.44. The van der Waals surface area contributed by atoms with Crippen LogP contribution in [0.1, 0.15) is 38.3 Å². The maximum absolute atomic E-state index is 11.7. The van der Waals surface area contributed by atoms with E-state index in [1.165, 1.54) is 11.3 Å². The Bertz CT molecular complexity index is 894. The van der Waals surface area contributed by atoms with E-state index in [0.29, 0.717) is 16.3 Å². The van der Waals surface area contributed by atoms with Gasteiger partial charge in [0, 0.05) is 16.9 Å². The lowest BCUT2D eigenvalue weighted by molar-refractivity contribution is 0.0276. The minimum absolute atomic E-state index is 0.00192. The van der Waals surface area contributed by atoms with Crippen molar-refractivity contribution in [1.82, 2.24) is 9.97 Å². The maximum atomic E-state index is 11.7. The average Bonchev–Trinajstić information content (AvgIpc) is 3.00. The number of aliphatic hydroxyl groups is 1. The molecule has 0 saturated heterocycles. The third kappa shape index (κ3) is 3.30. The van der Waals surface area contributed by atoms with Crippen LogP contribution in [0.5, 0.6) is 5.75 Å². The van der Waals surface area contributed by atoms with Gasteiger partial charge in [0.05, 0.1) is 21.9 Å². The smallest absolute Gasteiger partial charge is 0.148 e. The van der Waals surface area contributed by atoms with Crippen molar-refractivity contribution in [3.05, 3.63) is 51.7 Å². The molecule has 3 rings (SSSR count). The fraction of sp³-hybridized carbons (Fsp3) is 0.368. The van der Waals surface area contributed by atoms with Crippen LogP contribution in [-0.4, -0.2) is 21.2 Å². The lowest BCUT2D eigenvalue weighted by Gasteiger charge is -2.32. The van der Waals surface area contributed by atoms with Gasteiger partial charge in [-0.2, -0.15) is 0 Å². The Morgan fingerprint density at radius 1 is 1.20 bits per heavy atom. The Hall–Kier alpha value is -1.50. The van der Waals surface area contributed by atoms with Gasteiger partial charge < -0.3 is 9.84 Å². The number of rotatable bonds is 5. The lowest BCUT2D eigenvalue weighted by atomic mass is 9.84. The van der Waals surface area contributed by atoms with Gasteiger partial charge in [-0.15, -0.1) is 11.3 Å². The first-order valence-corrected chi connectivity index (χ1v) is 9.84. The van der Waals surface area contributed by atoms with E-state index in [-0.39, 0.29) is 12.0 Å². The molecule has 1 unspecified atom stereocenters. The van der Waals surface area contributed by atoms with Crippen molar-refractivity contribution >= 4 is 37.5 Å². The van der Waals surface area contributed by atoms with Crippen LogP contribution >= 0.6 is 27.3 Å². The minimum Gasteiger partial charge on any atom is -0.490 e. The van der Waals surface area contributed by atoms with E-state index < -0.39 is 5.60 Å². The van der Waals surface area contributed by atoms with Gasteiger partial charge in [-0.25, -0.2) is 4.98 Å². The summed E-state index contributed by atoms with van der Waals surface area (Å²) in [6.45, 7) is 7.89. The van der Waals surface area contributed by atoms with Gasteiger partial charge in [-0.1, -0.05) is 19.9 Å². The maximum Gasteiger partial charge on any atom is 0.148 e. The molecule has 0 aliphatic carbocycles. The SMILES string of the molecule is CC(C)Oc1ccncc1C(O)(c1nc2cccc(Br)c2s1)C(C)C. The summed E-state index contributed by atoms with van der Waals surface area (Å²) in [6.07, 6.45) is 3.36. The van der Waals surface area contributed by atoms with E-state index in [4.69, 9.17) is 9.72 Å². The molecule has 2 heterocycles. The van der Waals surface area contributed by atoms with Gasteiger partial charge in [-0.3, -0.25) is 4.98 Å². The number of benzene rings is 1. The minimum atomic E-state index is -1.28. The molecule has 0 radical (unpaired) electrons. The van der Waals surface area contributed by atoms with Crippen LogP contribution in [0.3, 0.4) is 0 Å². The van der Waals surface area contributed by atoms with Gasteiger partial charge >= 0.3 is 0 Å². The van der Waals surface area contributed by atoms with Crippen LogP contribution < -0.4 is 4.74 Å². The number of thiazole rings is 1. The van der Waals surface area contributed by atoms with Crippen molar-refractivity contribution in [2.24, 2.45) is 5.92 Å². The predicted molar refractivity (Wildman–Crippen MR) is 105 cm³/mol. The summed E-state index contributed by atoms with van der Waals surface area (Å²) in [5, 5.41) is 12.4. The normalized spacial score (nSPS) is 14.2. The topological polar surface area (TPSA) is 55.2 Å². The first-order chi connectivity index (χ1) is 11.8. The van der Waals surface area contributed by atoms with Gasteiger partial charge in [-0.05, 0) is 53.9 Å². The molecule has 4 nitrogen and oxygen atoms in total. The molecule has 132 valence electrons. The highest BCUT2D eigenvalue weighted by Gasteiger charge is 2.41. The van der Waals surface area contributed by atoms with E-state index in [1.807, 2.05) is 45.9 Å². The standard InChI is InChI=1S/C19H21BrN2O2S/c1-11(2)19(23,13-10-21-9-8-16(13)24-12(3)4)18-22-15-7-5-6-14(20)17(15)25-18/h5-12,23H,1-4H3. The van der Waals surface area contributed by atoms with E-state index in [9.17, 15) is 5.11 Å². The molecule has 0 saturated carbocycles. The number of aromatic nitrogens is 2. The molecule has 1 N–H and O–H groups in total. The summed E-state index contributed by atoms with van der Waals surface area (Å²) < 4.78 is 7.93. The molecule has 0 spiro atoms. The molecule has 6 heteroatoms. The number of hydrogen-bond donors (Lipinski definition) is 1. The van der Waals surface area contributed by atoms with Crippen molar-refractivity contribution in [3.63, 3.8) is 0 Å². The van der Waals surface area contributed by atoms with Crippen LogP contribution in [-0.2, 0) is 5.60 Å². The first-order valence-electron chi connectivity index (χ1n) is 8.23. The zero-order chi connectivity index (χ0) is 18.2. The van der Waals surface area contributed by atoms with Gasteiger partial charge in [0.2, 0.25) is 0 Å². The summed E-state index contributed by atoms with van der Waals surface area (Å²) in [7, 11) is 0. The Labute approximate surface area is 160 Å². The predicted octanol–water partition coefficient (Wildman–Crippen LogP) is 5.13. The van der Waals surface area contributed by atoms with Crippen molar-refractivity contribution in [1.29, 1.82) is 0 Å². The molecule has 0 fully saturated rings. The molecular weight excluding hydrogens is 400 g/mol. The zero-order valence-corrected chi connectivity index (χ0v) is 17.1. The lowest BCUT2D eigenvalue weighted by Crippen LogP contribution is -2.34. The van der Waals surface area contributed by atoms with Crippen molar-refractivity contribution in [3.8, 4) is 5.75 Å². The highest BCUT2D eigenvalue weighted by atomic mass is 79.9. The number of fused-ring (bicyclic) bond motifs is 1. The van der Waals surface area contributed by atoms with E-state index in [0.717, 1.165) is 14.7 Å². The molecule has 0 amide bonds. The summed E-state index contributed by atoms with van der Waals surface area (Å²) in [5.74, 6) is 0.532. The Morgan fingerprint density at radius 2 is 1.96 bits per heavy atom. The van der Waals surface area contributed by atoms with Crippen molar-refractivity contribution in [2.75, 3.05) is 0 Å². The highest BCUT2D eigenvalue weighted by molar-refractivity contribution is 9.10. The number of nitrogens with zero attached hydrogens (tertiary/aromatic N) is 2. The Kier molecular flexibility index (Phi) is 5.14. The Morgan fingerprint density at radius 3 is 2.60 bits per heavy atom. The second kappa shape index (κ2) is 7.02. The Balaban J connectivity index is 2.21. The third-order valence-corrected chi connectivity index (χ3v) is 6.24. The zero-order valence-electron chi connectivity index (χ0n) is 14.7. The van der Waals surface area contributed by atoms with Crippen LogP contribution in [0, 0.1) is 5.92 Å². The van der Waals surface area contributed by atoms with E-state index >= 15 is 0 Å². The monoisotopic (exact) mass is 420 g/mol. The van der Waals surface area contributed by atoms with Crippen LogP contribution in [0.25, 0.3) is 10.2 Å². The van der Waals surface area contributed by atoms with E-state index in [2.05, 4.69) is 20.9 Å². The van der Waals surface area contributed by atoms with Gasteiger partial charge in [0.15, 0.2) is 0 Å². The summed E-state index contributed by atoms with van der Waals surface area (Å²) >= 11 is 5.06. The largest absolute Gasteiger partial charge is 0.490 e. The molecule has 0 aliphatic heterocycles. The quantitative estimate of drug-likeness (QED) is 0.621. The number of pyridine rings is 1. The van der Waals surface area contributed by atoms with E-state index in [1.54, 1.807) is 18.5 Å². The third-order valence-electron chi connectivity index (χ3n) is 4.08. The second-order valence-electron chi connectivity index (χ2n) is 6.57. The van der Waals surface area contributed by atoms with Crippen LogP contribution in [0.2, 0.25) is 0 Å². The molecule has 25 heavy (non-hydrogen) atoms. The molecule has 3 aromatic rings. The van der Waals surface area contributed by atoms with Crippen molar-refractivity contribution < 1.29 is 9.84 Å².